The van der Waals surface area contributed by atoms with Gasteiger partial charge in [-0.3, -0.25) is 4.79 Å². The van der Waals surface area contributed by atoms with Gasteiger partial charge in [-0.15, -0.1) is 0 Å². The van der Waals surface area contributed by atoms with E-state index in [-0.39, 0.29) is 5.56 Å². The molecule has 0 aliphatic carbocycles. The summed E-state index contributed by atoms with van der Waals surface area (Å²) >= 11 is 0. The molecule has 1 saturated heterocycles. The second-order valence-electron chi connectivity index (χ2n) is 7.02. The van der Waals surface area contributed by atoms with E-state index >= 15 is 0 Å². The van der Waals surface area contributed by atoms with Crippen LogP contribution in [0.5, 0.6) is 0 Å². The first kappa shape index (κ1) is 16.3. The SMILES string of the molecule is CN1CCN(CCCn2c(=O)c3ccccc3c3ccccc32)CC1. The van der Waals surface area contributed by atoms with Gasteiger partial charge in [0.15, 0.2) is 0 Å². The van der Waals surface area contributed by atoms with E-state index in [0.29, 0.717) is 0 Å². The zero-order valence-electron chi connectivity index (χ0n) is 14.8. The number of benzene rings is 2. The molecule has 25 heavy (non-hydrogen) atoms. The van der Waals surface area contributed by atoms with Crippen molar-refractivity contribution in [3.05, 3.63) is 58.9 Å². The van der Waals surface area contributed by atoms with Gasteiger partial charge in [0.25, 0.3) is 5.56 Å². The van der Waals surface area contributed by atoms with Crippen molar-refractivity contribution in [3.63, 3.8) is 0 Å². The van der Waals surface area contributed by atoms with E-state index in [2.05, 4.69) is 29.0 Å². The average molecular weight is 335 g/mol. The van der Waals surface area contributed by atoms with Crippen LogP contribution < -0.4 is 5.56 Å². The topological polar surface area (TPSA) is 28.5 Å². The molecule has 0 spiro atoms. The predicted molar refractivity (Wildman–Crippen MR) is 104 cm³/mol. The van der Waals surface area contributed by atoms with Crippen molar-refractivity contribution in [2.75, 3.05) is 39.8 Å². The van der Waals surface area contributed by atoms with Crippen LogP contribution in [0.4, 0.5) is 0 Å². The molecule has 0 amide bonds. The zero-order valence-corrected chi connectivity index (χ0v) is 14.8. The lowest BCUT2D eigenvalue weighted by atomic mass is 10.1. The van der Waals surface area contributed by atoms with Crippen LogP contribution in [-0.4, -0.2) is 54.1 Å². The molecule has 4 rings (SSSR count). The summed E-state index contributed by atoms with van der Waals surface area (Å²) in [4.78, 5) is 17.9. The van der Waals surface area contributed by atoms with Crippen molar-refractivity contribution >= 4 is 21.7 Å². The molecule has 1 aliphatic heterocycles. The summed E-state index contributed by atoms with van der Waals surface area (Å²) < 4.78 is 1.97. The number of pyridine rings is 1. The molecule has 1 fully saturated rings. The molecule has 0 unspecified atom stereocenters. The van der Waals surface area contributed by atoms with Crippen molar-refractivity contribution in [1.82, 2.24) is 14.4 Å². The second kappa shape index (κ2) is 6.98. The Morgan fingerprint density at radius 1 is 0.800 bits per heavy atom. The maximum Gasteiger partial charge on any atom is 0.258 e. The smallest absolute Gasteiger partial charge is 0.258 e. The van der Waals surface area contributed by atoms with Gasteiger partial charge in [-0.25, -0.2) is 0 Å². The molecule has 2 aromatic carbocycles. The summed E-state index contributed by atoms with van der Waals surface area (Å²) in [5.41, 5.74) is 1.18. The Bertz CT molecular complexity index is 939. The van der Waals surface area contributed by atoms with Crippen molar-refractivity contribution in [2.24, 2.45) is 0 Å². The fourth-order valence-corrected chi connectivity index (χ4v) is 3.84. The van der Waals surface area contributed by atoms with Gasteiger partial charge in [0.1, 0.15) is 0 Å². The summed E-state index contributed by atoms with van der Waals surface area (Å²) in [6.07, 6.45) is 1.01. The number of piperazine rings is 1. The van der Waals surface area contributed by atoms with Crippen molar-refractivity contribution < 1.29 is 0 Å². The van der Waals surface area contributed by atoms with Crippen LogP contribution in [0.1, 0.15) is 6.42 Å². The Labute approximate surface area is 148 Å². The Hall–Kier alpha value is -2.17. The fourth-order valence-electron chi connectivity index (χ4n) is 3.84. The predicted octanol–water partition coefficient (Wildman–Crippen LogP) is 2.79. The van der Waals surface area contributed by atoms with Gasteiger partial charge in [0, 0.05) is 43.5 Å². The fraction of sp³-hybridized carbons (Fsp3) is 0.381. The highest BCUT2D eigenvalue weighted by molar-refractivity contribution is 6.05. The van der Waals surface area contributed by atoms with Gasteiger partial charge in [-0.1, -0.05) is 36.4 Å². The first-order chi connectivity index (χ1) is 12.2. The van der Waals surface area contributed by atoms with Crippen LogP contribution in [0.15, 0.2) is 53.3 Å². The summed E-state index contributed by atoms with van der Waals surface area (Å²) in [5.74, 6) is 0. The highest BCUT2D eigenvalue weighted by Crippen LogP contribution is 2.22. The molecule has 2 heterocycles. The number of hydrogen-bond acceptors (Lipinski definition) is 3. The van der Waals surface area contributed by atoms with Crippen LogP contribution in [0.25, 0.3) is 21.7 Å². The molecular formula is C21H25N3O. The quantitative estimate of drug-likeness (QED) is 0.687. The van der Waals surface area contributed by atoms with Crippen LogP contribution in [-0.2, 0) is 6.54 Å². The highest BCUT2D eigenvalue weighted by atomic mass is 16.1. The third kappa shape index (κ3) is 3.20. The normalized spacial score (nSPS) is 16.7. The minimum Gasteiger partial charge on any atom is -0.308 e. The van der Waals surface area contributed by atoms with E-state index in [1.54, 1.807) is 0 Å². The van der Waals surface area contributed by atoms with Crippen LogP contribution >= 0.6 is 0 Å². The van der Waals surface area contributed by atoms with Crippen molar-refractivity contribution in [1.29, 1.82) is 0 Å². The standard InChI is InChI=1S/C21H25N3O/c1-22-13-15-23(16-14-22)11-6-12-24-20-10-5-4-8-18(20)17-7-2-3-9-19(17)21(24)25/h2-5,7-10H,6,11-16H2,1H3. The lowest BCUT2D eigenvalue weighted by Crippen LogP contribution is -2.44. The molecule has 4 nitrogen and oxygen atoms in total. The monoisotopic (exact) mass is 335 g/mol. The number of nitrogens with zero attached hydrogens (tertiary/aromatic N) is 3. The zero-order chi connectivity index (χ0) is 17.2. The number of rotatable bonds is 4. The van der Waals surface area contributed by atoms with E-state index < -0.39 is 0 Å². The molecule has 3 aromatic rings. The first-order valence-electron chi connectivity index (χ1n) is 9.15. The Balaban J connectivity index is 1.62. The number of aryl methyl sites for hydroxylation is 1. The lowest BCUT2D eigenvalue weighted by Gasteiger charge is -2.32. The number of hydrogen-bond donors (Lipinski definition) is 0. The second-order valence-corrected chi connectivity index (χ2v) is 7.02. The average Bonchev–Trinajstić information content (AvgIpc) is 2.66. The Kier molecular flexibility index (Phi) is 4.55. The third-order valence-electron chi connectivity index (χ3n) is 5.34. The lowest BCUT2D eigenvalue weighted by molar-refractivity contribution is 0.151. The van der Waals surface area contributed by atoms with E-state index in [1.165, 1.54) is 0 Å². The van der Waals surface area contributed by atoms with Crippen LogP contribution in [0.2, 0.25) is 0 Å². The highest BCUT2D eigenvalue weighted by Gasteiger charge is 2.14. The number of aromatic nitrogens is 1. The molecule has 130 valence electrons. The van der Waals surface area contributed by atoms with E-state index in [0.717, 1.165) is 67.4 Å². The largest absolute Gasteiger partial charge is 0.308 e. The molecule has 0 atom stereocenters. The van der Waals surface area contributed by atoms with Crippen LogP contribution in [0.3, 0.4) is 0 Å². The minimum atomic E-state index is 0.132. The number of para-hydroxylation sites is 1. The third-order valence-corrected chi connectivity index (χ3v) is 5.34. The number of likely N-dealkylation sites (N-methyl/N-ethyl adjacent to an activating group) is 1. The van der Waals surface area contributed by atoms with Crippen LogP contribution in [0, 0.1) is 0 Å². The van der Waals surface area contributed by atoms with E-state index in [1.807, 2.05) is 41.0 Å². The van der Waals surface area contributed by atoms with Gasteiger partial charge < -0.3 is 14.4 Å². The van der Waals surface area contributed by atoms with Crippen molar-refractivity contribution in [3.8, 4) is 0 Å². The van der Waals surface area contributed by atoms with Gasteiger partial charge >= 0.3 is 0 Å². The van der Waals surface area contributed by atoms with E-state index in [9.17, 15) is 4.79 Å². The summed E-state index contributed by atoms with van der Waals surface area (Å²) in [5, 5.41) is 3.04. The van der Waals surface area contributed by atoms with Gasteiger partial charge in [0.05, 0.1) is 5.52 Å². The molecule has 1 aliphatic rings. The Morgan fingerprint density at radius 2 is 1.44 bits per heavy atom. The van der Waals surface area contributed by atoms with E-state index in [4.69, 9.17) is 0 Å². The molecule has 4 heteroatoms. The molecule has 1 aromatic heterocycles. The molecule has 0 saturated carbocycles. The molecule has 0 bridgehead atoms. The number of fused-ring (bicyclic) bond motifs is 3. The van der Waals surface area contributed by atoms with Gasteiger partial charge in [-0.2, -0.15) is 0 Å². The molecular weight excluding hydrogens is 310 g/mol. The Morgan fingerprint density at radius 3 is 2.20 bits per heavy atom. The maximum atomic E-state index is 13.0. The van der Waals surface area contributed by atoms with Crippen molar-refractivity contribution in [2.45, 2.75) is 13.0 Å². The molecule has 0 radical (unpaired) electrons. The summed E-state index contributed by atoms with van der Waals surface area (Å²) in [7, 11) is 2.18. The summed E-state index contributed by atoms with van der Waals surface area (Å²) in [6, 6.07) is 16.2. The van der Waals surface area contributed by atoms with Gasteiger partial charge in [-0.05, 0) is 37.5 Å². The summed E-state index contributed by atoms with van der Waals surface area (Å²) in [6.45, 7) is 6.36. The van der Waals surface area contributed by atoms with Gasteiger partial charge in [0.2, 0.25) is 0 Å². The maximum absolute atomic E-state index is 13.0. The minimum absolute atomic E-state index is 0.132. The first-order valence-corrected chi connectivity index (χ1v) is 9.15. The molecule has 0 N–H and O–H groups in total.